The molecular formula is C5H6INO2. The topological polar surface area (TPSA) is 40.5 Å². The van der Waals surface area contributed by atoms with Crippen molar-refractivity contribution in [1.29, 1.82) is 0 Å². The molecule has 1 rings (SSSR count). The Kier molecular flexibility index (Phi) is 2.07. The molecule has 0 aromatic carbocycles. The van der Waals surface area contributed by atoms with E-state index in [0.717, 1.165) is 6.54 Å². The number of carboxylic acid groups (broad SMARTS) is 1. The summed E-state index contributed by atoms with van der Waals surface area (Å²) in [6, 6.07) is -0.411. The second-order valence-electron chi connectivity index (χ2n) is 1.79. The first kappa shape index (κ1) is 7.01. The molecule has 1 aliphatic heterocycles. The van der Waals surface area contributed by atoms with Crippen LogP contribution in [-0.2, 0) is 4.79 Å². The number of nitrogens with zero attached hydrogens (tertiary/aromatic N) is 1. The van der Waals surface area contributed by atoms with Gasteiger partial charge in [-0.15, -0.1) is 0 Å². The standard InChI is InChI=1S/C5H6INO2/c6-7-3-1-2-4(7)5(8)9/h1-2,4H,3H2,(H,8,9). The molecular weight excluding hydrogens is 233 g/mol. The molecule has 0 fully saturated rings. The third-order valence-corrected chi connectivity index (χ3v) is 2.15. The highest BCUT2D eigenvalue weighted by Gasteiger charge is 2.23. The third kappa shape index (κ3) is 1.42. The summed E-state index contributed by atoms with van der Waals surface area (Å²) in [5.41, 5.74) is 0. The molecule has 0 saturated carbocycles. The van der Waals surface area contributed by atoms with Crippen LogP contribution in [0, 0.1) is 0 Å². The number of aliphatic carboxylic acids is 1. The molecule has 50 valence electrons. The Bertz CT molecular complexity index is 157. The zero-order valence-corrected chi connectivity index (χ0v) is 6.78. The van der Waals surface area contributed by atoms with Gasteiger partial charge in [0, 0.05) is 29.4 Å². The van der Waals surface area contributed by atoms with E-state index in [0.29, 0.717) is 0 Å². The van der Waals surface area contributed by atoms with Gasteiger partial charge in [-0.3, -0.25) is 4.79 Å². The van der Waals surface area contributed by atoms with Gasteiger partial charge in [0.05, 0.1) is 0 Å². The maximum Gasteiger partial charge on any atom is 0.325 e. The summed E-state index contributed by atoms with van der Waals surface area (Å²) in [4.78, 5) is 10.3. The quantitative estimate of drug-likeness (QED) is 0.415. The van der Waals surface area contributed by atoms with Crippen molar-refractivity contribution in [1.82, 2.24) is 3.11 Å². The van der Waals surface area contributed by atoms with Gasteiger partial charge in [-0.05, 0) is 0 Å². The molecule has 3 nitrogen and oxygen atoms in total. The van der Waals surface area contributed by atoms with Crippen LogP contribution in [0.3, 0.4) is 0 Å². The number of halogens is 1. The van der Waals surface area contributed by atoms with Crippen molar-refractivity contribution in [2.45, 2.75) is 6.04 Å². The van der Waals surface area contributed by atoms with Crippen LogP contribution < -0.4 is 0 Å². The van der Waals surface area contributed by atoms with Crippen LogP contribution in [0.2, 0.25) is 0 Å². The molecule has 0 amide bonds. The summed E-state index contributed by atoms with van der Waals surface area (Å²) in [5.74, 6) is -0.779. The van der Waals surface area contributed by atoms with Gasteiger partial charge in [0.25, 0.3) is 0 Å². The van der Waals surface area contributed by atoms with Crippen molar-refractivity contribution in [3.8, 4) is 0 Å². The van der Waals surface area contributed by atoms with E-state index in [4.69, 9.17) is 5.11 Å². The minimum Gasteiger partial charge on any atom is -0.480 e. The Balaban J connectivity index is 2.59. The van der Waals surface area contributed by atoms with Gasteiger partial charge in [0.1, 0.15) is 6.04 Å². The minimum atomic E-state index is -0.779. The summed E-state index contributed by atoms with van der Waals surface area (Å²) in [6.45, 7) is 0.734. The molecule has 0 radical (unpaired) electrons. The Labute approximate surface area is 66.8 Å². The molecule has 1 unspecified atom stereocenters. The summed E-state index contributed by atoms with van der Waals surface area (Å²) < 4.78 is 1.74. The highest BCUT2D eigenvalue weighted by molar-refractivity contribution is 14.1. The van der Waals surface area contributed by atoms with Crippen molar-refractivity contribution in [2.24, 2.45) is 0 Å². The highest BCUT2D eigenvalue weighted by Crippen LogP contribution is 2.13. The van der Waals surface area contributed by atoms with Crippen LogP contribution in [0.15, 0.2) is 12.2 Å². The number of hydrogen-bond acceptors (Lipinski definition) is 2. The fourth-order valence-corrected chi connectivity index (χ4v) is 1.35. The lowest BCUT2D eigenvalue weighted by molar-refractivity contribution is -0.139. The lowest BCUT2D eigenvalue weighted by atomic mass is 10.3. The van der Waals surface area contributed by atoms with Crippen LogP contribution in [0.5, 0.6) is 0 Å². The molecule has 1 atom stereocenters. The predicted molar refractivity (Wildman–Crippen MR) is 41.3 cm³/mol. The Morgan fingerprint density at radius 1 is 1.89 bits per heavy atom. The number of rotatable bonds is 1. The van der Waals surface area contributed by atoms with Gasteiger partial charge in [-0.1, -0.05) is 12.2 Å². The first-order valence-corrected chi connectivity index (χ1v) is 3.50. The number of hydrogen-bond donors (Lipinski definition) is 1. The molecule has 0 spiro atoms. The second-order valence-corrected chi connectivity index (χ2v) is 3.03. The van der Waals surface area contributed by atoms with E-state index in [9.17, 15) is 4.79 Å². The van der Waals surface area contributed by atoms with E-state index in [-0.39, 0.29) is 0 Å². The first-order valence-electron chi connectivity index (χ1n) is 2.53. The third-order valence-electron chi connectivity index (χ3n) is 1.15. The summed E-state index contributed by atoms with van der Waals surface area (Å²) in [6.07, 6.45) is 3.54. The summed E-state index contributed by atoms with van der Waals surface area (Å²) in [7, 11) is 0. The molecule has 9 heavy (non-hydrogen) atoms. The molecule has 0 bridgehead atoms. The van der Waals surface area contributed by atoms with Crippen molar-refractivity contribution in [3.63, 3.8) is 0 Å². The zero-order valence-electron chi connectivity index (χ0n) is 4.62. The van der Waals surface area contributed by atoms with Crippen LogP contribution in [0.4, 0.5) is 0 Å². The number of carbonyl (C=O) groups is 1. The fourth-order valence-electron chi connectivity index (χ4n) is 0.700. The molecule has 1 aliphatic rings. The van der Waals surface area contributed by atoms with Crippen LogP contribution in [-0.4, -0.2) is 26.8 Å². The van der Waals surface area contributed by atoms with E-state index in [1.807, 2.05) is 28.9 Å². The molecule has 0 aromatic heterocycles. The average Bonchev–Trinajstić information content (AvgIpc) is 2.13. The van der Waals surface area contributed by atoms with Crippen molar-refractivity contribution in [2.75, 3.05) is 6.54 Å². The van der Waals surface area contributed by atoms with Crippen LogP contribution in [0.1, 0.15) is 0 Å². The van der Waals surface area contributed by atoms with Crippen molar-refractivity contribution >= 4 is 28.8 Å². The van der Waals surface area contributed by atoms with Crippen molar-refractivity contribution < 1.29 is 9.90 Å². The molecule has 0 saturated heterocycles. The zero-order chi connectivity index (χ0) is 6.85. The Morgan fingerprint density at radius 2 is 2.56 bits per heavy atom. The Morgan fingerprint density at radius 3 is 2.78 bits per heavy atom. The van der Waals surface area contributed by atoms with E-state index < -0.39 is 12.0 Å². The highest BCUT2D eigenvalue weighted by atomic mass is 127. The molecule has 0 aromatic rings. The monoisotopic (exact) mass is 239 g/mol. The maximum atomic E-state index is 10.3. The van der Waals surface area contributed by atoms with Crippen LogP contribution >= 0.6 is 22.9 Å². The maximum absolute atomic E-state index is 10.3. The van der Waals surface area contributed by atoms with E-state index >= 15 is 0 Å². The van der Waals surface area contributed by atoms with Gasteiger partial charge >= 0.3 is 5.97 Å². The minimum absolute atomic E-state index is 0.411. The molecule has 1 heterocycles. The largest absolute Gasteiger partial charge is 0.480 e. The number of carboxylic acids is 1. The summed E-state index contributed by atoms with van der Waals surface area (Å²) >= 11 is 2.00. The van der Waals surface area contributed by atoms with E-state index in [1.54, 1.807) is 9.19 Å². The van der Waals surface area contributed by atoms with Gasteiger partial charge in [-0.2, -0.15) is 0 Å². The molecule has 4 heteroatoms. The Hall–Kier alpha value is -0.100. The normalized spacial score (nSPS) is 27.0. The van der Waals surface area contributed by atoms with Gasteiger partial charge in [0.2, 0.25) is 0 Å². The summed E-state index contributed by atoms with van der Waals surface area (Å²) in [5, 5.41) is 8.49. The average molecular weight is 239 g/mol. The molecule has 0 aliphatic carbocycles. The van der Waals surface area contributed by atoms with E-state index in [1.165, 1.54) is 0 Å². The van der Waals surface area contributed by atoms with E-state index in [2.05, 4.69) is 0 Å². The van der Waals surface area contributed by atoms with Crippen LogP contribution in [0.25, 0.3) is 0 Å². The fraction of sp³-hybridized carbons (Fsp3) is 0.400. The smallest absolute Gasteiger partial charge is 0.325 e. The lowest BCUT2D eigenvalue weighted by Crippen LogP contribution is -2.28. The van der Waals surface area contributed by atoms with Gasteiger partial charge in [0.15, 0.2) is 0 Å². The first-order chi connectivity index (χ1) is 4.22. The van der Waals surface area contributed by atoms with Gasteiger partial charge < -0.3 is 5.11 Å². The van der Waals surface area contributed by atoms with Crippen molar-refractivity contribution in [3.05, 3.63) is 12.2 Å². The molecule has 1 N–H and O–H groups in total. The van der Waals surface area contributed by atoms with Gasteiger partial charge in [-0.25, -0.2) is 3.11 Å². The lowest BCUT2D eigenvalue weighted by Gasteiger charge is -2.10. The second kappa shape index (κ2) is 2.66. The SMILES string of the molecule is O=C(O)C1C=CCN1I. The predicted octanol–water partition coefficient (Wildman–Crippen LogP) is 0.661.